The molecule has 4 nitrogen and oxygen atoms in total. The van der Waals surface area contributed by atoms with Crippen LogP contribution in [0.2, 0.25) is 0 Å². The van der Waals surface area contributed by atoms with Crippen molar-refractivity contribution in [1.82, 2.24) is 4.98 Å². The SMILES string of the molecule is CCOC(=O)c1ncsc1NC1CCC(C)C1C. The van der Waals surface area contributed by atoms with Crippen LogP contribution < -0.4 is 5.32 Å². The standard InChI is InChI=1S/C13H20N2O2S/c1-4-17-13(16)11-12(18-7-14-11)15-10-6-5-8(2)9(10)3/h7-10,15H,4-6H2,1-3H3. The molecule has 1 N–H and O–H groups in total. The van der Waals surface area contributed by atoms with E-state index >= 15 is 0 Å². The summed E-state index contributed by atoms with van der Waals surface area (Å²) in [5.74, 6) is 1.03. The van der Waals surface area contributed by atoms with Crippen LogP contribution in [0.4, 0.5) is 5.00 Å². The molecule has 1 aliphatic carbocycles. The number of esters is 1. The van der Waals surface area contributed by atoms with Crippen LogP contribution in [0.25, 0.3) is 0 Å². The van der Waals surface area contributed by atoms with Gasteiger partial charge < -0.3 is 10.1 Å². The molecule has 0 amide bonds. The number of carbonyl (C=O) groups excluding carboxylic acids is 1. The second-order valence-electron chi connectivity index (χ2n) is 4.92. The highest BCUT2D eigenvalue weighted by atomic mass is 32.1. The second-order valence-corrected chi connectivity index (χ2v) is 5.77. The van der Waals surface area contributed by atoms with E-state index < -0.39 is 0 Å². The third-order valence-electron chi connectivity index (χ3n) is 3.82. The number of hydrogen-bond donors (Lipinski definition) is 1. The van der Waals surface area contributed by atoms with Gasteiger partial charge in [0.05, 0.1) is 12.1 Å². The maximum Gasteiger partial charge on any atom is 0.360 e. The molecule has 2 rings (SSSR count). The van der Waals surface area contributed by atoms with Gasteiger partial charge in [0.1, 0.15) is 5.00 Å². The van der Waals surface area contributed by atoms with Crippen LogP contribution in [-0.4, -0.2) is 23.6 Å². The van der Waals surface area contributed by atoms with Gasteiger partial charge in [0, 0.05) is 6.04 Å². The molecule has 0 spiro atoms. The predicted octanol–water partition coefficient (Wildman–Crippen LogP) is 3.17. The molecule has 100 valence electrons. The van der Waals surface area contributed by atoms with E-state index in [-0.39, 0.29) is 5.97 Å². The molecule has 1 saturated carbocycles. The van der Waals surface area contributed by atoms with Gasteiger partial charge in [-0.25, -0.2) is 9.78 Å². The molecule has 1 aliphatic rings. The molecule has 0 bridgehead atoms. The average molecular weight is 268 g/mol. The number of nitrogens with zero attached hydrogens (tertiary/aromatic N) is 1. The van der Waals surface area contributed by atoms with Crippen LogP contribution in [0.5, 0.6) is 0 Å². The first-order valence-corrected chi connectivity index (χ1v) is 7.38. The minimum Gasteiger partial charge on any atom is -0.461 e. The molecule has 0 aliphatic heterocycles. The molecular formula is C13H20N2O2S. The minimum atomic E-state index is -0.333. The Morgan fingerprint density at radius 1 is 1.56 bits per heavy atom. The van der Waals surface area contributed by atoms with Crippen molar-refractivity contribution < 1.29 is 9.53 Å². The lowest BCUT2D eigenvalue weighted by molar-refractivity contribution is 0.0521. The summed E-state index contributed by atoms with van der Waals surface area (Å²) in [6.07, 6.45) is 2.40. The Morgan fingerprint density at radius 3 is 2.94 bits per heavy atom. The van der Waals surface area contributed by atoms with Crippen molar-refractivity contribution in [2.45, 2.75) is 39.7 Å². The number of thiazole rings is 1. The van der Waals surface area contributed by atoms with Crippen molar-refractivity contribution in [3.05, 3.63) is 11.2 Å². The van der Waals surface area contributed by atoms with Gasteiger partial charge in [-0.1, -0.05) is 13.8 Å². The number of hydrogen-bond acceptors (Lipinski definition) is 5. The lowest BCUT2D eigenvalue weighted by Gasteiger charge is -2.20. The monoisotopic (exact) mass is 268 g/mol. The zero-order valence-corrected chi connectivity index (χ0v) is 11.9. The van der Waals surface area contributed by atoms with Crippen LogP contribution in [0, 0.1) is 11.8 Å². The summed E-state index contributed by atoms with van der Waals surface area (Å²) in [5, 5.41) is 4.31. The van der Waals surface area contributed by atoms with Gasteiger partial charge in [-0.2, -0.15) is 0 Å². The molecule has 3 unspecified atom stereocenters. The summed E-state index contributed by atoms with van der Waals surface area (Å²) in [7, 11) is 0. The van der Waals surface area contributed by atoms with Crippen molar-refractivity contribution in [2.75, 3.05) is 11.9 Å². The normalized spacial score (nSPS) is 27.2. The predicted molar refractivity (Wildman–Crippen MR) is 73.0 cm³/mol. The summed E-state index contributed by atoms with van der Waals surface area (Å²) in [6.45, 7) is 6.73. The summed E-state index contributed by atoms with van der Waals surface area (Å²) in [6, 6.07) is 0.439. The first kappa shape index (κ1) is 13.3. The fraction of sp³-hybridized carbons (Fsp3) is 0.692. The number of carbonyl (C=O) groups is 1. The zero-order valence-electron chi connectivity index (χ0n) is 11.1. The summed E-state index contributed by atoms with van der Waals surface area (Å²) in [4.78, 5) is 15.8. The molecule has 0 radical (unpaired) electrons. The highest BCUT2D eigenvalue weighted by Gasteiger charge is 2.31. The second kappa shape index (κ2) is 5.69. The molecule has 5 heteroatoms. The van der Waals surface area contributed by atoms with E-state index in [0.717, 1.165) is 17.3 Å². The van der Waals surface area contributed by atoms with Crippen LogP contribution in [0.1, 0.15) is 44.1 Å². The molecule has 1 fully saturated rings. The molecule has 0 saturated heterocycles. The van der Waals surface area contributed by atoms with Crippen LogP contribution in [-0.2, 0) is 4.74 Å². The highest BCUT2D eigenvalue weighted by Crippen LogP contribution is 2.34. The van der Waals surface area contributed by atoms with Gasteiger partial charge in [0.15, 0.2) is 5.69 Å². The van der Waals surface area contributed by atoms with E-state index in [9.17, 15) is 4.79 Å². The number of ether oxygens (including phenoxy) is 1. The molecule has 1 aromatic heterocycles. The van der Waals surface area contributed by atoms with E-state index in [1.165, 1.54) is 17.8 Å². The van der Waals surface area contributed by atoms with Crippen LogP contribution in [0.15, 0.2) is 5.51 Å². The van der Waals surface area contributed by atoms with E-state index in [4.69, 9.17) is 4.74 Å². The molecule has 0 aromatic carbocycles. The van der Waals surface area contributed by atoms with Gasteiger partial charge in [0.2, 0.25) is 0 Å². The number of aromatic nitrogens is 1. The fourth-order valence-electron chi connectivity index (χ4n) is 2.43. The number of nitrogens with one attached hydrogen (secondary N) is 1. The molecular weight excluding hydrogens is 248 g/mol. The third kappa shape index (κ3) is 2.66. The maximum absolute atomic E-state index is 11.7. The van der Waals surface area contributed by atoms with Gasteiger partial charge in [-0.15, -0.1) is 11.3 Å². The van der Waals surface area contributed by atoms with Gasteiger partial charge in [-0.05, 0) is 31.6 Å². The quantitative estimate of drug-likeness (QED) is 0.852. The fourth-order valence-corrected chi connectivity index (χ4v) is 3.16. The van der Waals surface area contributed by atoms with E-state index in [1.54, 1.807) is 12.4 Å². The van der Waals surface area contributed by atoms with Gasteiger partial charge in [-0.3, -0.25) is 0 Å². The van der Waals surface area contributed by atoms with E-state index in [2.05, 4.69) is 24.1 Å². The summed E-state index contributed by atoms with van der Waals surface area (Å²) >= 11 is 1.47. The Bertz CT molecular complexity index is 419. The van der Waals surface area contributed by atoms with Gasteiger partial charge in [0.25, 0.3) is 0 Å². The lowest BCUT2D eigenvalue weighted by atomic mass is 9.98. The first-order valence-electron chi connectivity index (χ1n) is 6.50. The van der Waals surface area contributed by atoms with Gasteiger partial charge >= 0.3 is 5.97 Å². The smallest absolute Gasteiger partial charge is 0.360 e. The maximum atomic E-state index is 11.7. The molecule has 18 heavy (non-hydrogen) atoms. The van der Waals surface area contributed by atoms with Crippen LogP contribution in [0.3, 0.4) is 0 Å². The Hall–Kier alpha value is -1.10. The van der Waals surface area contributed by atoms with Crippen molar-refractivity contribution in [3.63, 3.8) is 0 Å². The number of anilines is 1. The van der Waals surface area contributed by atoms with Crippen molar-refractivity contribution in [1.29, 1.82) is 0 Å². The van der Waals surface area contributed by atoms with Crippen molar-refractivity contribution >= 4 is 22.3 Å². The van der Waals surface area contributed by atoms with E-state index in [1.807, 2.05) is 0 Å². The van der Waals surface area contributed by atoms with Crippen molar-refractivity contribution in [3.8, 4) is 0 Å². The average Bonchev–Trinajstić information content (AvgIpc) is 2.92. The first-order chi connectivity index (χ1) is 8.63. The van der Waals surface area contributed by atoms with E-state index in [0.29, 0.717) is 24.3 Å². The Morgan fingerprint density at radius 2 is 2.33 bits per heavy atom. The minimum absolute atomic E-state index is 0.333. The summed E-state index contributed by atoms with van der Waals surface area (Å²) < 4.78 is 5.00. The number of rotatable bonds is 4. The largest absolute Gasteiger partial charge is 0.461 e. The van der Waals surface area contributed by atoms with Crippen LogP contribution >= 0.6 is 11.3 Å². The molecule has 3 atom stereocenters. The lowest BCUT2D eigenvalue weighted by Crippen LogP contribution is -2.24. The third-order valence-corrected chi connectivity index (χ3v) is 4.58. The zero-order chi connectivity index (χ0) is 13.1. The Kier molecular flexibility index (Phi) is 4.22. The Balaban J connectivity index is 2.06. The Labute approximate surface area is 112 Å². The highest BCUT2D eigenvalue weighted by molar-refractivity contribution is 7.14. The topological polar surface area (TPSA) is 51.2 Å². The molecule has 1 aromatic rings. The summed E-state index contributed by atoms with van der Waals surface area (Å²) in [5.41, 5.74) is 2.12. The molecule has 1 heterocycles. The van der Waals surface area contributed by atoms with Crippen molar-refractivity contribution in [2.24, 2.45) is 11.8 Å².